The third-order valence-electron chi connectivity index (χ3n) is 4.12. The summed E-state index contributed by atoms with van der Waals surface area (Å²) in [5.41, 5.74) is 0. The molecule has 1 aliphatic heterocycles. The maximum atomic E-state index is 9.03. The average Bonchev–Trinajstić information content (AvgIpc) is 2.27. The van der Waals surface area contributed by atoms with E-state index in [1.54, 1.807) is 0 Å². The molecule has 3 nitrogen and oxygen atoms in total. The summed E-state index contributed by atoms with van der Waals surface area (Å²) in [7, 11) is 0. The van der Waals surface area contributed by atoms with Crippen molar-refractivity contribution in [2.24, 2.45) is 5.92 Å². The van der Waals surface area contributed by atoms with Gasteiger partial charge in [-0.25, -0.2) is 0 Å². The van der Waals surface area contributed by atoms with Crippen LogP contribution in [-0.4, -0.2) is 48.6 Å². The van der Waals surface area contributed by atoms with Gasteiger partial charge in [-0.3, -0.25) is 4.90 Å². The molecule has 90 valence electrons. The fourth-order valence-corrected chi connectivity index (χ4v) is 2.73. The van der Waals surface area contributed by atoms with Gasteiger partial charge in [-0.2, -0.15) is 5.26 Å². The molecule has 0 aromatic carbocycles. The second-order valence-corrected chi connectivity index (χ2v) is 5.19. The van der Waals surface area contributed by atoms with Crippen LogP contribution in [0.25, 0.3) is 0 Å². The van der Waals surface area contributed by atoms with Crippen LogP contribution >= 0.6 is 0 Å². The van der Waals surface area contributed by atoms with E-state index in [9.17, 15) is 0 Å². The van der Waals surface area contributed by atoms with Gasteiger partial charge >= 0.3 is 0 Å². The second kappa shape index (κ2) is 5.65. The monoisotopic (exact) mass is 221 g/mol. The minimum Gasteiger partial charge on any atom is -0.301 e. The van der Waals surface area contributed by atoms with Crippen LogP contribution in [0.2, 0.25) is 0 Å². The number of hydrogen-bond donors (Lipinski definition) is 0. The minimum atomic E-state index is 0.144. The molecule has 1 saturated carbocycles. The highest BCUT2D eigenvalue weighted by molar-refractivity contribution is 4.92. The third-order valence-corrected chi connectivity index (χ3v) is 4.12. The van der Waals surface area contributed by atoms with Crippen LogP contribution < -0.4 is 0 Å². The van der Waals surface area contributed by atoms with Crippen LogP contribution in [0, 0.1) is 17.2 Å². The topological polar surface area (TPSA) is 30.3 Å². The molecule has 1 unspecified atom stereocenters. The minimum absolute atomic E-state index is 0.144. The first-order valence-corrected chi connectivity index (χ1v) is 6.69. The molecule has 0 N–H and O–H groups in total. The number of hydrogen-bond acceptors (Lipinski definition) is 3. The van der Waals surface area contributed by atoms with Gasteiger partial charge in [0.05, 0.1) is 12.1 Å². The molecule has 0 spiro atoms. The van der Waals surface area contributed by atoms with Gasteiger partial charge in [0.2, 0.25) is 0 Å². The molecule has 1 heterocycles. The second-order valence-electron chi connectivity index (χ2n) is 5.19. The van der Waals surface area contributed by atoms with Crippen LogP contribution in [0.15, 0.2) is 0 Å². The van der Waals surface area contributed by atoms with Gasteiger partial charge in [-0.1, -0.05) is 13.3 Å². The largest absolute Gasteiger partial charge is 0.301 e. The maximum absolute atomic E-state index is 9.03. The van der Waals surface area contributed by atoms with E-state index >= 15 is 0 Å². The van der Waals surface area contributed by atoms with E-state index in [4.69, 9.17) is 5.26 Å². The van der Waals surface area contributed by atoms with Crippen molar-refractivity contribution < 1.29 is 0 Å². The van der Waals surface area contributed by atoms with Crippen molar-refractivity contribution in [1.29, 1.82) is 5.26 Å². The Hall–Kier alpha value is -0.590. The molecular formula is C13H23N3. The molecule has 1 saturated heterocycles. The number of rotatable bonds is 4. The highest BCUT2D eigenvalue weighted by atomic mass is 15.3. The van der Waals surface area contributed by atoms with Crippen LogP contribution in [-0.2, 0) is 0 Å². The summed E-state index contributed by atoms with van der Waals surface area (Å²) in [5, 5.41) is 9.03. The molecule has 0 aromatic heterocycles. The summed E-state index contributed by atoms with van der Waals surface area (Å²) < 4.78 is 0. The molecule has 0 amide bonds. The summed E-state index contributed by atoms with van der Waals surface area (Å²) in [6.07, 6.45) is 5.28. The van der Waals surface area contributed by atoms with Crippen molar-refractivity contribution in [3.05, 3.63) is 0 Å². The summed E-state index contributed by atoms with van der Waals surface area (Å²) in [6, 6.07) is 2.55. The molecule has 3 heteroatoms. The fourth-order valence-electron chi connectivity index (χ4n) is 2.73. The highest BCUT2D eigenvalue weighted by Gasteiger charge is 2.25. The van der Waals surface area contributed by atoms with Gasteiger partial charge < -0.3 is 4.90 Å². The van der Waals surface area contributed by atoms with Gasteiger partial charge in [0.1, 0.15) is 0 Å². The van der Waals surface area contributed by atoms with E-state index in [1.807, 2.05) is 0 Å². The van der Waals surface area contributed by atoms with Crippen molar-refractivity contribution in [1.82, 2.24) is 9.80 Å². The van der Waals surface area contributed by atoms with Crippen LogP contribution in [0.3, 0.4) is 0 Å². The Balaban J connectivity index is 1.71. The molecule has 0 radical (unpaired) electrons. The normalized spacial score (nSPS) is 26.0. The van der Waals surface area contributed by atoms with Gasteiger partial charge in [0.25, 0.3) is 0 Å². The number of nitrogens with zero attached hydrogens (tertiary/aromatic N) is 3. The lowest BCUT2D eigenvalue weighted by atomic mass is 9.85. The van der Waals surface area contributed by atoms with E-state index in [2.05, 4.69) is 22.8 Å². The molecule has 1 aliphatic carbocycles. The van der Waals surface area contributed by atoms with Crippen molar-refractivity contribution in [3.63, 3.8) is 0 Å². The Labute approximate surface area is 99.0 Å². The lowest BCUT2D eigenvalue weighted by molar-refractivity contribution is 0.0869. The van der Waals surface area contributed by atoms with Crippen LogP contribution in [0.5, 0.6) is 0 Å². The van der Waals surface area contributed by atoms with Gasteiger partial charge in [-0.15, -0.1) is 0 Å². The standard InChI is InChI=1S/C13H23N3/c1-2-13(10-14)16-8-6-15(7-9-16)11-12-4-3-5-12/h12-13H,2-9,11H2,1H3. The van der Waals surface area contributed by atoms with Gasteiger partial charge in [0, 0.05) is 32.7 Å². The first-order chi connectivity index (χ1) is 7.83. The quantitative estimate of drug-likeness (QED) is 0.724. The molecule has 16 heavy (non-hydrogen) atoms. The predicted molar refractivity (Wildman–Crippen MR) is 65.0 cm³/mol. The Bertz CT molecular complexity index is 246. The first-order valence-electron chi connectivity index (χ1n) is 6.69. The van der Waals surface area contributed by atoms with E-state index in [0.717, 1.165) is 38.5 Å². The Morgan fingerprint density at radius 2 is 1.94 bits per heavy atom. The van der Waals surface area contributed by atoms with Gasteiger partial charge in [0.15, 0.2) is 0 Å². The highest BCUT2D eigenvalue weighted by Crippen LogP contribution is 2.27. The third kappa shape index (κ3) is 2.75. The van der Waals surface area contributed by atoms with E-state index in [-0.39, 0.29) is 6.04 Å². The van der Waals surface area contributed by atoms with Crippen molar-refractivity contribution in [3.8, 4) is 6.07 Å². The predicted octanol–water partition coefficient (Wildman–Crippen LogP) is 1.71. The van der Waals surface area contributed by atoms with E-state index in [0.29, 0.717) is 0 Å². The van der Waals surface area contributed by atoms with E-state index in [1.165, 1.54) is 25.8 Å². The van der Waals surface area contributed by atoms with Crippen molar-refractivity contribution in [2.45, 2.75) is 38.6 Å². The van der Waals surface area contributed by atoms with Crippen molar-refractivity contribution >= 4 is 0 Å². The lowest BCUT2D eigenvalue weighted by Gasteiger charge is -2.39. The Morgan fingerprint density at radius 1 is 1.25 bits per heavy atom. The summed E-state index contributed by atoms with van der Waals surface area (Å²) in [6.45, 7) is 7.90. The SMILES string of the molecule is CCC(C#N)N1CCN(CC2CCC2)CC1. The van der Waals surface area contributed by atoms with Gasteiger partial charge in [-0.05, 0) is 25.2 Å². The molecule has 2 rings (SSSR count). The molecule has 1 atom stereocenters. The molecule has 0 aromatic rings. The molecular weight excluding hydrogens is 198 g/mol. The fraction of sp³-hybridized carbons (Fsp3) is 0.923. The van der Waals surface area contributed by atoms with E-state index < -0.39 is 0 Å². The zero-order valence-corrected chi connectivity index (χ0v) is 10.4. The van der Waals surface area contributed by atoms with Crippen LogP contribution in [0.4, 0.5) is 0 Å². The number of nitriles is 1. The summed E-state index contributed by atoms with van der Waals surface area (Å²) in [4.78, 5) is 4.93. The smallest absolute Gasteiger partial charge is 0.0976 e. The maximum Gasteiger partial charge on any atom is 0.0976 e. The van der Waals surface area contributed by atoms with Crippen molar-refractivity contribution in [2.75, 3.05) is 32.7 Å². The molecule has 2 fully saturated rings. The number of piperazine rings is 1. The average molecular weight is 221 g/mol. The lowest BCUT2D eigenvalue weighted by Crippen LogP contribution is -2.51. The van der Waals surface area contributed by atoms with Crippen LogP contribution in [0.1, 0.15) is 32.6 Å². The zero-order valence-electron chi connectivity index (χ0n) is 10.4. The summed E-state index contributed by atoms with van der Waals surface area (Å²) in [5.74, 6) is 0.976. The zero-order chi connectivity index (χ0) is 11.4. The molecule has 2 aliphatic rings. The molecule has 0 bridgehead atoms. The summed E-state index contributed by atoms with van der Waals surface area (Å²) >= 11 is 0. The Morgan fingerprint density at radius 3 is 2.38 bits per heavy atom. The Kier molecular flexibility index (Phi) is 4.20. The first kappa shape index (κ1) is 11.9.